The maximum Gasteiger partial charge on any atom is 0.321 e. The summed E-state index contributed by atoms with van der Waals surface area (Å²) in [4.78, 5) is 16.8. The van der Waals surface area contributed by atoms with Crippen molar-refractivity contribution in [2.24, 2.45) is 0 Å². The summed E-state index contributed by atoms with van der Waals surface area (Å²) in [6, 6.07) is 15.6. The molecule has 2 amide bonds. The van der Waals surface area contributed by atoms with Crippen molar-refractivity contribution in [1.29, 1.82) is 0 Å². The molecule has 28 heavy (non-hydrogen) atoms. The summed E-state index contributed by atoms with van der Waals surface area (Å²) in [6.45, 7) is 6.82. The van der Waals surface area contributed by atoms with E-state index >= 15 is 0 Å². The number of carbonyl (C=O) groups is 1. The molecule has 1 N–H and O–H groups in total. The van der Waals surface area contributed by atoms with E-state index in [0.29, 0.717) is 6.61 Å². The first kappa shape index (κ1) is 20.0. The van der Waals surface area contributed by atoms with E-state index in [9.17, 15) is 4.79 Å². The van der Waals surface area contributed by atoms with Gasteiger partial charge >= 0.3 is 6.03 Å². The van der Waals surface area contributed by atoms with E-state index in [-0.39, 0.29) is 6.03 Å². The van der Waals surface area contributed by atoms with Gasteiger partial charge in [0.1, 0.15) is 11.5 Å². The molecule has 0 aromatic heterocycles. The van der Waals surface area contributed by atoms with Crippen LogP contribution < -0.4 is 14.8 Å². The number of anilines is 1. The second kappa shape index (κ2) is 9.99. The van der Waals surface area contributed by atoms with Crippen molar-refractivity contribution in [2.75, 3.05) is 51.8 Å². The molecule has 0 radical (unpaired) electrons. The Labute approximate surface area is 167 Å². The van der Waals surface area contributed by atoms with Gasteiger partial charge in [0.05, 0.1) is 13.7 Å². The predicted molar refractivity (Wildman–Crippen MR) is 111 cm³/mol. The quantitative estimate of drug-likeness (QED) is 0.795. The van der Waals surface area contributed by atoms with Crippen molar-refractivity contribution in [3.63, 3.8) is 0 Å². The van der Waals surface area contributed by atoms with E-state index in [0.717, 1.165) is 56.3 Å². The number of nitrogens with one attached hydrogen (secondary N) is 1. The first-order valence-corrected chi connectivity index (χ1v) is 9.82. The lowest BCUT2D eigenvalue weighted by Crippen LogP contribution is -2.50. The average Bonchev–Trinajstić information content (AvgIpc) is 2.74. The Morgan fingerprint density at radius 2 is 1.79 bits per heavy atom. The van der Waals surface area contributed by atoms with Gasteiger partial charge in [-0.15, -0.1) is 0 Å². The Kier molecular flexibility index (Phi) is 7.14. The Hall–Kier alpha value is -2.73. The lowest BCUT2D eigenvalue weighted by molar-refractivity contribution is 0.148. The van der Waals surface area contributed by atoms with E-state index in [4.69, 9.17) is 9.47 Å². The first-order chi connectivity index (χ1) is 13.7. The zero-order valence-electron chi connectivity index (χ0n) is 16.7. The zero-order chi connectivity index (χ0) is 19.8. The molecule has 0 spiro atoms. The van der Waals surface area contributed by atoms with Crippen LogP contribution >= 0.6 is 0 Å². The normalized spacial score (nSPS) is 14.6. The third-order valence-corrected chi connectivity index (χ3v) is 4.93. The minimum atomic E-state index is -0.0448. The predicted octanol–water partition coefficient (Wildman–Crippen LogP) is 3.49. The van der Waals surface area contributed by atoms with Crippen molar-refractivity contribution < 1.29 is 14.3 Å². The largest absolute Gasteiger partial charge is 0.497 e. The van der Waals surface area contributed by atoms with Gasteiger partial charge in [-0.1, -0.05) is 12.1 Å². The molecule has 1 aliphatic heterocycles. The molecule has 150 valence electrons. The summed E-state index contributed by atoms with van der Waals surface area (Å²) in [5.74, 6) is 1.71. The van der Waals surface area contributed by atoms with Crippen LogP contribution in [0.1, 0.15) is 12.5 Å². The molecule has 1 aliphatic rings. The molecule has 1 fully saturated rings. The number of amides is 2. The second-order valence-electron chi connectivity index (χ2n) is 6.82. The van der Waals surface area contributed by atoms with Crippen LogP contribution in [0, 0.1) is 0 Å². The zero-order valence-corrected chi connectivity index (χ0v) is 16.7. The van der Waals surface area contributed by atoms with Crippen LogP contribution in [0.25, 0.3) is 0 Å². The van der Waals surface area contributed by atoms with Gasteiger partial charge in [0, 0.05) is 38.4 Å². The minimum absolute atomic E-state index is 0.0448. The van der Waals surface area contributed by atoms with Crippen molar-refractivity contribution in [1.82, 2.24) is 9.80 Å². The highest BCUT2D eigenvalue weighted by Crippen LogP contribution is 2.17. The fourth-order valence-corrected chi connectivity index (χ4v) is 3.29. The van der Waals surface area contributed by atoms with Crippen LogP contribution in [0.15, 0.2) is 48.5 Å². The second-order valence-corrected chi connectivity index (χ2v) is 6.82. The van der Waals surface area contributed by atoms with Gasteiger partial charge in [-0.2, -0.15) is 0 Å². The SMILES string of the molecule is CCOc1ccc(NC(=O)N2CCN(CCc3cccc(OC)c3)CC2)cc1. The Bertz CT molecular complexity index is 756. The number of urea groups is 1. The summed E-state index contributed by atoms with van der Waals surface area (Å²) in [7, 11) is 1.69. The molecule has 1 heterocycles. The Balaban J connectivity index is 1.42. The molecule has 0 saturated carbocycles. The van der Waals surface area contributed by atoms with Crippen LogP contribution in [0.5, 0.6) is 11.5 Å². The standard InChI is InChI=1S/C22H29N3O3/c1-3-28-20-9-7-19(8-10-20)23-22(26)25-15-13-24(14-16-25)12-11-18-5-4-6-21(17-18)27-2/h4-10,17H,3,11-16H2,1-2H3,(H,23,26). The van der Waals surface area contributed by atoms with E-state index in [1.807, 2.05) is 48.2 Å². The van der Waals surface area contributed by atoms with E-state index in [1.54, 1.807) is 7.11 Å². The number of hydrogen-bond acceptors (Lipinski definition) is 4. The fourth-order valence-electron chi connectivity index (χ4n) is 3.29. The highest BCUT2D eigenvalue weighted by molar-refractivity contribution is 5.89. The molecule has 2 aromatic rings. The molecule has 3 rings (SSSR count). The molecule has 0 bridgehead atoms. The van der Waals surface area contributed by atoms with Crippen LogP contribution in [-0.4, -0.2) is 62.3 Å². The molecule has 6 nitrogen and oxygen atoms in total. The van der Waals surface area contributed by atoms with Crippen molar-refractivity contribution in [3.8, 4) is 11.5 Å². The topological polar surface area (TPSA) is 54.0 Å². The lowest BCUT2D eigenvalue weighted by Gasteiger charge is -2.34. The highest BCUT2D eigenvalue weighted by Gasteiger charge is 2.21. The van der Waals surface area contributed by atoms with Crippen molar-refractivity contribution >= 4 is 11.7 Å². The number of nitrogens with zero attached hydrogens (tertiary/aromatic N) is 2. The minimum Gasteiger partial charge on any atom is -0.497 e. The van der Waals surface area contributed by atoms with Crippen LogP contribution in [0.2, 0.25) is 0 Å². The van der Waals surface area contributed by atoms with Crippen LogP contribution in [-0.2, 0) is 6.42 Å². The molecule has 0 atom stereocenters. The number of methoxy groups -OCH3 is 1. The van der Waals surface area contributed by atoms with E-state index < -0.39 is 0 Å². The summed E-state index contributed by atoms with van der Waals surface area (Å²) in [5.41, 5.74) is 2.06. The number of ether oxygens (including phenoxy) is 2. The Morgan fingerprint density at radius 3 is 2.46 bits per heavy atom. The van der Waals surface area contributed by atoms with Crippen LogP contribution in [0.3, 0.4) is 0 Å². The summed E-state index contributed by atoms with van der Waals surface area (Å²) >= 11 is 0. The number of piperazine rings is 1. The molecule has 0 unspecified atom stereocenters. The third-order valence-electron chi connectivity index (χ3n) is 4.93. The van der Waals surface area contributed by atoms with Gasteiger partial charge in [0.2, 0.25) is 0 Å². The van der Waals surface area contributed by atoms with Crippen molar-refractivity contribution in [3.05, 3.63) is 54.1 Å². The van der Waals surface area contributed by atoms with Gasteiger partial charge in [-0.05, 0) is 55.3 Å². The van der Waals surface area contributed by atoms with E-state index in [2.05, 4.69) is 22.3 Å². The molecular weight excluding hydrogens is 354 g/mol. The number of carbonyl (C=O) groups excluding carboxylic acids is 1. The van der Waals surface area contributed by atoms with Gasteiger partial charge < -0.3 is 19.7 Å². The molecule has 1 saturated heterocycles. The number of hydrogen-bond donors (Lipinski definition) is 1. The molecule has 2 aromatic carbocycles. The van der Waals surface area contributed by atoms with Crippen LogP contribution in [0.4, 0.5) is 10.5 Å². The number of benzene rings is 2. The van der Waals surface area contributed by atoms with E-state index in [1.165, 1.54) is 5.56 Å². The fraction of sp³-hybridized carbons (Fsp3) is 0.409. The smallest absolute Gasteiger partial charge is 0.321 e. The molecule has 6 heteroatoms. The number of rotatable bonds is 7. The van der Waals surface area contributed by atoms with Crippen molar-refractivity contribution in [2.45, 2.75) is 13.3 Å². The first-order valence-electron chi connectivity index (χ1n) is 9.82. The maximum absolute atomic E-state index is 12.5. The van der Waals surface area contributed by atoms with Gasteiger partial charge in [0.25, 0.3) is 0 Å². The van der Waals surface area contributed by atoms with Gasteiger partial charge in [-0.25, -0.2) is 4.79 Å². The summed E-state index contributed by atoms with van der Waals surface area (Å²) in [5, 5.41) is 2.97. The highest BCUT2D eigenvalue weighted by atomic mass is 16.5. The summed E-state index contributed by atoms with van der Waals surface area (Å²) < 4.78 is 10.7. The maximum atomic E-state index is 12.5. The Morgan fingerprint density at radius 1 is 1.04 bits per heavy atom. The average molecular weight is 383 g/mol. The third kappa shape index (κ3) is 5.63. The lowest BCUT2D eigenvalue weighted by atomic mass is 10.1. The summed E-state index contributed by atoms with van der Waals surface area (Å²) in [6.07, 6.45) is 0.982. The van der Waals surface area contributed by atoms with Gasteiger partial charge in [-0.3, -0.25) is 4.90 Å². The molecule has 0 aliphatic carbocycles. The van der Waals surface area contributed by atoms with Gasteiger partial charge in [0.15, 0.2) is 0 Å². The monoisotopic (exact) mass is 383 g/mol. The molecular formula is C22H29N3O3.